The number of ketones is 1. The number of carbonyl (C=O) groups is 2. The van der Waals surface area contributed by atoms with E-state index in [9.17, 15) is 35.9 Å². The molecule has 2 atom stereocenters. The van der Waals surface area contributed by atoms with Gasteiger partial charge in [-0.1, -0.05) is 42.5 Å². The molecule has 0 radical (unpaired) electrons. The number of hydrogen-bond donors (Lipinski definition) is 0. The Morgan fingerprint density at radius 2 is 1.59 bits per heavy atom. The van der Waals surface area contributed by atoms with Gasteiger partial charge in [-0.15, -0.1) is 0 Å². The van der Waals surface area contributed by atoms with Gasteiger partial charge in [0.2, 0.25) is 5.91 Å². The third kappa shape index (κ3) is 7.86. The van der Waals surface area contributed by atoms with E-state index in [0.717, 1.165) is 18.2 Å². The van der Waals surface area contributed by atoms with Gasteiger partial charge in [0.15, 0.2) is 5.78 Å². The Bertz CT molecular complexity index is 1770. The maximum absolute atomic E-state index is 14.4. The van der Waals surface area contributed by atoms with E-state index in [-0.39, 0.29) is 71.6 Å². The average Bonchev–Trinajstić information content (AvgIpc) is 3.41. The number of carbonyl (C=O) groups excluding carboxylic acids is 2. The lowest BCUT2D eigenvalue weighted by molar-refractivity contribution is -0.137. The molecular formula is C35H36F6N4O2S2. The summed E-state index contributed by atoms with van der Waals surface area (Å²) >= 11 is 0. The molecule has 49 heavy (non-hydrogen) atoms. The van der Waals surface area contributed by atoms with Gasteiger partial charge in [0, 0.05) is 62.5 Å². The summed E-state index contributed by atoms with van der Waals surface area (Å²) in [5.74, 6) is -5.85. The fourth-order valence-corrected chi connectivity index (χ4v) is 6.57. The lowest BCUT2D eigenvalue weighted by Crippen LogP contribution is -2.45. The van der Waals surface area contributed by atoms with Crippen LogP contribution in [0.4, 0.5) is 32.2 Å². The fraction of sp³-hybridized carbons (Fsp3) is 0.343. The highest BCUT2D eigenvalue weighted by Crippen LogP contribution is 2.48. The quantitative estimate of drug-likeness (QED) is 0.137. The van der Waals surface area contributed by atoms with Crippen LogP contribution in [0.2, 0.25) is 0 Å². The largest absolute Gasteiger partial charge is 0.416 e. The molecule has 1 amide bonds. The molecule has 2 aliphatic rings. The molecule has 14 heteroatoms. The van der Waals surface area contributed by atoms with E-state index in [1.807, 2.05) is 35.2 Å². The van der Waals surface area contributed by atoms with Crippen molar-refractivity contribution in [1.82, 2.24) is 14.7 Å². The minimum atomic E-state index is -4.67. The Morgan fingerprint density at radius 3 is 2.20 bits per heavy atom. The maximum atomic E-state index is 14.4. The predicted molar refractivity (Wildman–Crippen MR) is 184 cm³/mol. The van der Waals surface area contributed by atoms with Gasteiger partial charge in [0.1, 0.15) is 11.6 Å². The first-order valence-electron chi connectivity index (χ1n) is 15.4. The Hall–Kier alpha value is -3.75. The van der Waals surface area contributed by atoms with Crippen molar-refractivity contribution in [3.63, 3.8) is 0 Å². The van der Waals surface area contributed by atoms with E-state index < -0.39 is 53.4 Å². The van der Waals surface area contributed by atoms with E-state index in [2.05, 4.69) is 0 Å². The number of halogens is 6. The molecule has 1 fully saturated rings. The smallest absolute Gasteiger partial charge is 0.297 e. The van der Waals surface area contributed by atoms with Crippen LogP contribution in [-0.4, -0.2) is 51.9 Å². The van der Waals surface area contributed by atoms with Gasteiger partial charge < -0.3 is 0 Å². The minimum Gasteiger partial charge on any atom is -0.297 e. The molecule has 1 aromatic heterocycles. The number of alkyl halides is 5. The van der Waals surface area contributed by atoms with Crippen molar-refractivity contribution in [3.05, 3.63) is 113 Å². The highest BCUT2D eigenvalue weighted by molar-refractivity contribution is 7.59. The molecular weight excluding hydrogens is 687 g/mol. The Morgan fingerprint density at radius 1 is 0.939 bits per heavy atom. The lowest BCUT2D eigenvalue weighted by atomic mass is 9.74. The summed E-state index contributed by atoms with van der Waals surface area (Å²) in [6.07, 6.45) is -5.72. The zero-order chi connectivity index (χ0) is 33.5. The number of anilines is 1. The highest BCUT2D eigenvalue weighted by atomic mass is 32.1. The van der Waals surface area contributed by atoms with Crippen molar-refractivity contribution in [2.75, 3.05) is 24.5 Å². The highest BCUT2D eigenvalue weighted by Gasteiger charge is 2.46. The monoisotopic (exact) mass is 722 g/mol. The number of fused-ring (bicyclic) bond motifs is 1. The number of amides is 1. The Labute approximate surface area is 294 Å². The molecule has 6 rings (SSSR count). The zero-order valence-corrected chi connectivity index (χ0v) is 28.5. The normalized spacial score (nSPS) is 19.1. The molecule has 262 valence electrons. The van der Waals surface area contributed by atoms with Crippen LogP contribution in [0.5, 0.6) is 0 Å². The van der Waals surface area contributed by atoms with E-state index in [4.69, 9.17) is 5.10 Å². The Balaban J connectivity index is 0.00000270. The van der Waals surface area contributed by atoms with E-state index in [1.165, 1.54) is 35.2 Å². The molecule has 0 aliphatic carbocycles. The van der Waals surface area contributed by atoms with Crippen LogP contribution < -0.4 is 4.90 Å². The molecule has 0 spiro atoms. The van der Waals surface area contributed by atoms with Gasteiger partial charge in [-0.2, -0.15) is 45.3 Å². The van der Waals surface area contributed by atoms with Crippen molar-refractivity contribution < 1.29 is 35.9 Å². The van der Waals surface area contributed by atoms with Gasteiger partial charge in [-0.25, -0.2) is 17.9 Å². The van der Waals surface area contributed by atoms with Gasteiger partial charge in [0.25, 0.3) is 5.92 Å². The zero-order valence-electron chi connectivity index (χ0n) is 26.5. The number of likely N-dealkylation sites (tertiary alicyclic amines) is 1. The summed E-state index contributed by atoms with van der Waals surface area (Å²) in [6.45, 7) is 2.37. The molecule has 0 bridgehead atoms. The third-order valence-corrected chi connectivity index (χ3v) is 8.95. The van der Waals surface area contributed by atoms with E-state index in [0.29, 0.717) is 28.3 Å². The maximum Gasteiger partial charge on any atom is 0.416 e. The summed E-state index contributed by atoms with van der Waals surface area (Å²) in [5.41, 5.74) is 1.07. The van der Waals surface area contributed by atoms with Crippen molar-refractivity contribution in [1.29, 1.82) is 0 Å². The SMILES string of the molecule is CCN1C(=O)[C@@H](CC(=O)c2cccc(C(F)(F)F)c2)[C@@H](c2ccc(F)cc2)c2c(CN3CCC(F)(F)CC3)nn(-c3ccccc3)c21.S.S. The van der Waals surface area contributed by atoms with E-state index >= 15 is 0 Å². The van der Waals surface area contributed by atoms with Crippen LogP contribution in [0.25, 0.3) is 5.69 Å². The number of Topliss-reactive ketones (excluding diaryl/α,β-unsaturated/α-hetero) is 1. The second-order valence-electron chi connectivity index (χ2n) is 12.0. The first-order valence-corrected chi connectivity index (χ1v) is 15.4. The predicted octanol–water partition coefficient (Wildman–Crippen LogP) is 7.87. The topological polar surface area (TPSA) is 58.4 Å². The number of hydrogen-bond acceptors (Lipinski definition) is 4. The summed E-state index contributed by atoms with van der Waals surface area (Å²) in [7, 11) is 0. The molecule has 3 heterocycles. The molecule has 6 nitrogen and oxygen atoms in total. The molecule has 0 saturated carbocycles. The summed E-state index contributed by atoms with van der Waals surface area (Å²) < 4.78 is 84.4. The molecule has 3 aromatic carbocycles. The van der Waals surface area contributed by atoms with Crippen LogP contribution in [0, 0.1) is 11.7 Å². The number of piperidine rings is 1. The first kappa shape index (κ1) is 38.1. The van der Waals surface area contributed by atoms with Crippen molar-refractivity contribution in [2.45, 2.75) is 50.7 Å². The van der Waals surface area contributed by atoms with Gasteiger partial charge in [-0.3, -0.25) is 19.4 Å². The summed E-state index contributed by atoms with van der Waals surface area (Å²) in [4.78, 5) is 31.4. The van der Waals surface area contributed by atoms with Crippen molar-refractivity contribution >= 4 is 44.5 Å². The number of rotatable bonds is 8. The number of benzene rings is 3. The third-order valence-electron chi connectivity index (χ3n) is 8.95. The first-order chi connectivity index (χ1) is 22.4. The molecule has 0 unspecified atom stereocenters. The van der Waals surface area contributed by atoms with Crippen molar-refractivity contribution in [2.24, 2.45) is 5.92 Å². The van der Waals surface area contributed by atoms with Crippen molar-refractivity contribution in [3.8, 4) is 5.69 Å². The standard InChI is InChI=1S/C35H32F6N4O2.2H2S/c1-2-44-32-31(28(21-43-17-15-34(37,38)16-18-43)42-45(32)26-9-4-3-5-10-26)30(22-11-13-25(36)14-12-22)27(33(44)47)20-29(46)23-7-6-8-24(19-23)35(39,40)41;;/h3-14,19,27,30H,2,15-18,20-21H2,1H3;2*1H2/t27-,30+;;/m0../s1. The van der Waals surface area contributed by atoms with Crippen LogP contribution in [-0.2, 0) is 17.5 Å². The Kier molecular flexibility index (Phi) is 11.7. The van der Waals surface area contributed by atoms with Crippen LogP contribution >= 0.6 is 27.0 Å². The number of para-hydroxylation sites is 1. The van der Waals surface area contributed by atoms with Crippen LogP contribution in [0.15, 0.2) is 78.9 Å². The summed E-state index contributed by atoms with van der Waals surface area (Å²) in [5, 5.41) is 4.94. The summed E-state index contributed by atoms with van der Waals surface area (Å²) in [6, 6.07) is 18.7. The van der Waals surface area contributed by atoms with Crippen LogP contribution in [0.1, 0.15) is 64.8 Å². The van der Waals surface area contributed by atoms with E-state index in [1.54, 1.807) is 11.6 Å². The molecule has 4 aromatic rings. The minimum absolute atomic E-state index is 0. The number of aromatic nitrogens is 2. The second kappa shape index (κ2) is 15.0. The fourth-order valence-electron chi connectivity index (χ4n) is 6.57. The average molecular weight is 723 g/mol. The van der Waals surface area contributed by atoms with Crippen LogP contribution in [0.3, 0.4) is 0 Å². The van der Waals surface area contributed by atoms with Gasteiger partial charge in [-0.05, 0) is 48.9 Å². The molecule has 1 saturated heterocycles. The van der Waals surface area contributed by atoms with Gasteiger partial charge in [0.05, 0.1) is 22.9 Å². The second-order valence-corrected chi connectivity index (χ2v) is 12.0. The molecule has 2 aliphatic heterocycles. The number of nitrogens with zero attached hydrogens (tertiary/aromatic N) is 4. The lowest BCUT2D eigenvalue weighted by Gasteiger charge is -2.38. The molecule has 0 N–H and O–H groups in total. The van der Waals surface area contributed by atoms with Gasteiger partial charge >= 0.3 is 6.18 Å².